The molecule has 0 fully saturated rings. The second-order valence-electron chi connectivity index (χ2n) is 4.99. The number of benzene rings is 1. The quantitative estimate of drug-likeness (QED) is 0.810. The second-order valence-corrected chi connectivity index (χ2v) is 5.42. The molecular formula is C15H24ClNO. The van der Waals surface area contributed by atoms with E-state index in [1.165, 1.54) is 12.0 Å². The number of ether oxygens (including phenoxy) is 1. The normalized spacial score (nSPS) is 12.8. The molecule has 1 N–H and O–H groups in total. The van der Waals surface area contributed by atoms with Crippen LogP contribution in [0.2, 0.25) is 5.02 Å². The molecular weight excluding hydrogens is 246 g/mol. The van der Waals surface area contributed by atoms with E-state index < -0.39 is 0 Å². The van der Waals surface area contributed by atoms with Crippen molar-refractivity contribution in [3.63, 3.8) is 0 Å². The van der Waals surface area contributed by atoms with Gasteiger partial charge in [0.25, 0.3) is 0 Å². The Morgan fingerprint density at radius 1 is 1.33 bits per heavy atom. The molecule has 18 heavy (non-hydrogen) atoms. The van der Waals surface area contributed by atoms with Gasteiger partial charge in [-0.05, 0) is 56.0 Å². The first kappa shape index (κ1) is 15.3. The molecule has 0 aliphatic carbocycles. The molecule has 3 heteroatoms. The van der Waals surface area contributed by atoms with Gasteiger partial charge in [0.2, 0.25) is 0 Å². The molecule has 0 saturated heterocycles. The molecule has 0 amide bonds. The highest BCUT2D eigenvalue weighted by Crippen LogP contribution is 2.24. The first-order chi connectivity index (χ1) is 8.58. The minimum Gasteiger partial charge on any atom is -0.496 e. The third-order valence-electron chi connectivity index (χ3n) is 3.38. The third kappa shape index (κ3) is 4.51. The van der Waals surface area contributed by atoms with Crippen LogP contribution in [-0.2, 0) is 6.42 Å². The molecule has 1 aromatic rings. The molecule has 0 spiro atoms. The lowest BCUT2D eigenvalue weighted by molar-refractivity contribution is 0.388. The molecule has 0 radical (unpaired) electrons. The molecule has 0 heterocycles. The largest absolute Gasteiger partial charge is 0.496 e. The van der Waals surface area contributed by atoms with Gasteiger partial charge < -0.3 is 10.1 Å². The van der Waals surface area contributed by atoms with Gasteiger partial charge in [0, 0.05) is 11.1 Å². The van der Waals surface area contributed by atoms with Crippen molar-refractivity contribution in [3.8, 4) is 5.75 Å². The zero-order chi connectivity index (χ0) is 13.5. The highest BCUT2D eigenvalue weighted by atomic mass is 35.5. The van der Waals surface area contributed by atoms with Crippen LogP contribution in [-0.4, -0.2) is 20.2 Å². The molecule has 0 bridgehead atoms. The number of rotatable bonds is 7. The van der Waals surface area contributed by atoms with Crippen molar-refractivity contribution in [3.05, 3.63) is 28.8 Å². The van der Waals surface area contributed by atoms with Crippen LogP contribution in [0, 0.1) is 5.92 Å². The van der Waals surface area contributed by atoms with Crippen molar-refractivity contribution in [2.75, 3.05) is 14.2 Å². The summed E-state index contributed by atoms with van der Waals surface area (Å²) in [6, 6.07) is 6.39. The lowest BCUT2D eigenvalue weighted by Gasteiger charge is -2.20. The van der Waals surface area contributed by atoms with Crippen LogP contribution >= 0.6 is 11.6 Å². The third-order valence-corrected chi connectivity index (χ3v) is 3.61. The fourth-order valence-corrected chi connectivity index (χ4v) is 2.46. The van der Waals surface area contributed by atoms with Crippen molar-refractivity contribution < 1.29 is 4.74 Å². The molecule has 0 saturated carbocycles. The zero-order valence-corrected chi connectivity index (χ0v) is 12.6. The predicted molar refractivity (Wildman–Crippen MR) is 78.6 cm³/mol. The summed E-state index contributed by atoms with van der Waals surface area (Å²) in [6.07, 6.45) is 3.32. The summed E-state index contributed by atoms with van der Waals surface area (Å²) in [5.74, 6) is 1.60. The standard InChI is InChI=1S/C15H24ClNO/c1-11(2)14(17-3)7-5-6-12-10-13(16)8-9-15(12)18-4/h8-11,14,17H,5-7H2,1-4H3. The number of halogens is 1. The highest BCUT2D eigenvalue weighted by Gasteiger charge is 2.11. The topological polar surface area (TPSA) is 21.3 Å². The molecule has 1 unspecified atom stereocenters. The van der Waals surface area contributed by atoms with Gasteiger partial charge in [-0.15, -0.1) is 0 Å². The van der Waals surface area contributed by atoms with Gasteiger partial charge in [-0.1, -0.05) is 25.4 Å². The van der Waals surface area contributed by atoms with Gasteiger partial charge in [0.15, 0.2) is 0 Å². The van der Waals surface area contributed by atoms with E-state index in [2.05, 4.69) is 19.2 Å². The fraction of sp³-hybridized carbons (Fsp3) is 0.600. The molecule has 102 valence electrons. The summed E-state index contributed by atoms with van der Waals surface area (Å²) in [5, 5.41) is 4.15. The minimum atomic E-state index is 0.579. The van der Waals surface area contributed by atoms with Crippen LogP contribution < -0.4 is 10.1 Å². The maximum absolute atomic E-state index is 6.03. The number of methoxy groups -OCH3 is 1. The second kappa shape index (κ2) is 7.65. The number of aryl methyl sites for hydroxylation is 1. The Morgan fingerprint density at radius 3 is 2.61 bits per heavy atom. The first-order valence-corrected chi connectivity index (χ1v) is 6.96. The summed E-state index contributed by atoms with van der Waals surface area (Å²) in [6.45, 7) is 4.50. The van der Waals surface area contributed by atoms with Gasteiger partial charge in [-0.3, -0.25) is 0 Å². The van der Waals surface area contributed by atoms with Crippen LogP contribution in [0.4, 0.5) is 0 Å². The lowest BCUT2D eigenvalue weighted by Crippen LogP contribution is -2.30. The molecule has 2 nitrogen and oxygen atoms in total. The first-order valence-electron chi connectivity index (χ1n) is 6.58. The van der Waals surface area contributed by atoms with Crippen LogP contribution in [0.1, 0.15) is 32.3 Å². The van der Waals surface area contributed by atoms with E-state index in [0.29, 0.717) is 12.0 Å². The molecule has 0 aromatic heterocycles. The molecule has 0 aliphatic rings. The van der Waals surface area contributed by atoms with Crippen molar-refractivity contribution in [1.29, 1.82) is 0 Å². The Hall–Kier alpha value is -0.730. The van der Waals surface area contributed by atoms with E-state index in [1.54, 1.807) is 7.11 Å². The number of nitrogens with one attached hydrogen (secondary N) is 1. The Bertz CT molecular complexity index is 366. The van der Waals surface area contributed by atoms with E-state index in [0.717, 1.165) is 23.6 Å². The van der Waals surface area contributed by atoms with Crippen LogP contribution in [0.3, 0.4) is 0 Å². The number of hydrogen-bond donors (Lipinski definition) is 1. The summed E-state index contributed by atoms with van der Waals surface area (Å²) in [5.41, 5.74) is 1.20. The van der Waals surface area contributed by atoms with E-state index in [1.807, 2.05) is 25.2 Å². The van der Waals surface area contributed by atoms with Crippen molar-refractivity contribution in [1.82, 2.24) is 5.32 Å². The van der Waals surface area contributed by atoms with Gasteiger partial charge in [-0.25, -0.2) is 0 Å². The summed E-state index contributed by atoms with van der Waals surface area (Å²) >= 11 is 6.03. The molecule has 1 rings (SSSR count). The zero-order valence-electron chi connectivity index (χ0n) is 11.8. The lowest BCUT2D eigenvalue weighted by atomic mass is 9.97. The van der Waals surface area contributed by atoms with Crippen molar-refractivity contribution in [2.45, 2.75) is 39.2 Å². The SMILES string of the molecule is CNC(CCCc1cc(Cl)ccc1OC)C(C)C. The smallest absolute Gasteiger partial charge is 0.122 e. The summed E-state index contributed by atoms with van der Waals surface area (Å²) < 4.78 is 5.36. The molecule has 0 aliphatic heterocycles. The Kier molecular flexibility index (Phi) is 6.51. The molecule has 1 aromatic carbocycles. The van der Waals surface area contributed by atoms with Gasteiger partial charge >= 0.3 is 0 Å². The predicted octanol–water partition coefficient (Wildman–Crippen LogP) is 3.92. The van der Waals surface area contributed by atoms with E-state index in [-0.39, 0.29) is 0 Å². The maximum Gasteiger partial charge on any atom is 0.122 e. The van der Waals surface area contributed by atoms with Crippen molar-refractivity contribution >= 4 is 11.6 Å². The number of hydrogen-bond acceptors (Lipinski definition) is 2. The van der Waals surface area contributed by atoms with Crippen molar-refractivity contribution in [2.24, 2.45) is 5.92 Å². The van der Waals surface area contributed by atoms with Crippen LogP contribution in [0.5, 0.6) is 5.75 Å². The van der Waals surface area contributed by atoms with Gasteiger partial charge in [0.05, 0.1) is 7.11 Å². The van der Waals surface area contributed by atoms with Crippen LogP contribution in [0.25, 0.3) is 0 Å². The average molecular weight is 270 g/mol. The summed E-state index contributed by atoms with van der Waals surface area (Å²) in [4.78, 5) is 0. The molecule has 1 atom stereocenters. The van der Waals surface area contributed by atoms with Crippen LogP contribution in [0.15, 0.2) is 18.2 Å². The highest BCUT2D eigenvalue weighted by molar-refractivity contribution is 6.30. The monoisotopic (exact) mass is 269 g/mol. The van der Waals surface area contributed by atoms with Gasteiger partial charge in [-0.2, -0.15) is 0 Å². The van der Waals surface area contributed by atoms with E-state index >= 15 is 0 Å². The summed E-state index contributed by atoms with van der Waals surface area (Å²) in [7, 11) is 3.74. The Balaban J connectivity index is 2.55. The maximum atomic E-state index is 6.03. The Morgan fingerprint density at radius 2 is 2.06 bits per heavy atom. The van der Waals surface area contributed by atoms with E-state index in [4.69, 9.17) is 16.3 Å². The fourth-order valence-electron chi connectivity index (χ4n) is 2.27. The minimum absolute atomic E-state index is 0.579. The van der Waals surface area contributed by atoms with Gasteiger partial charge in [0.1, 0.15) is 5.75 Å². The van der Waals surface area contributed by atoms with E-state index in [9.17, 15) is 0 Å². The Labute approximate surface area is 116 Å². The average Bonchev–Trinajstić information content (AvgIpc) is 2.34.